The molecule has 1 heterocycles. The maximum Gasteiger partial charge on any atom is 0.306 e. The Labute approximate surface area is 145 Å². The summed E-state index contributed by atoms with van der Waals surface area (Å²) in [5, 5.41) is 13.1. The SMILES string of the molecule is O=C(COC(=O)CCc1ccco1)Nc1ccc([N+](=O)[O-])cc1Br. The number of nitrogens with one attached hydrogen (secondary N) is 1. The van der Waals surface area contributed by atoms with E-state index < -0.39 is 23.4 Å². The van der Waals surface area contributed by atoms with E-state index in [0.717, 1.165) is 0 Å². The number of furan rings is 1. The number of nitrogens with zero attached hydrogens (tertiary/aromatic N) is 1. The van der Waals surface area contributed by atoms with Gasteiger partial charge in [-0.3, -0.25) is 19.7 Å². The molecule has 24 heavy (non-hydrogen) atoms. The molecule has 2 aromatic rings. The number of esters is 1. The Morgan fingerprint density at radius 3 is 2.75 bits per heavy atom. The Morgan fingerprint density at radius 1 is 1.33 bits per heavy atom. The lowest BCUT2D eigenvalue weighted by Gasteiger charge is -2.08. The molecular weight excluding hydrogens is 384 g/mol. The molecule has 0 aliphatic heterocycles. The highest BCUT2D eigenvalue weighted by molar-refractivity contribution is 9.10. The van der Waals surface area contributed by atoms with Gasteiger partial charge in [-0.05, 0) is 34.1 Å². The van der Waals surface area contributed by atoms with E-state index in [-0.39, 0.29) is 12.1 Å². The zero-order valence-corrected chi connectivity index (χ0v) is 13.9. The fourth-order valence-electron chi connectivity index (χ4n) is 1.80. The Balaban J connectivity index is 1.78. The second-order valence-corrected chi connectivity index (χ2v) is 5.56. The molecule has 8 nitrogen and oxygen atoms in total. The van der Waals surface area contributed by atoms with Gasteiger partial charge in [0, 0.05) is 23.0 Å². The molecule has 126 valence electrons. The van der Waals surface area contributed by atoms with E-state index >= 15 is 0 Å². The van der Waals surface area contributed by atoms with E-state index in [0.29, 0.717) is 22.3 Å². The van der Waals surface area contributed by atoms with Crippen LogP contribution in [-0.4, -0.2) is 23.4 Å². The molecule has 0 spiro atoms. The summed E-state index contributed by atoms with van der Waals surface area (Å²) in [6.07, 6.45) is 2.00. The van der Waals surface area contributed by atoms with Crippen LogP contribution in [0.15, 0.2) is 45.5 Å². The summed E-state index contributed by atoms with van der Waals surface area (Å²) in [5.74, 6) is -0.411. The van der Waals surface area contributed by atoms with Crippen LogP contribution in [0.1, 0.15) is 12.2 Å². The maximum absolute atomic E-state index is 11.8. The van der Waals surface area contributed by atoms with Crippen LogP contribution < -0.4 is 5.32 Å². The molecule has 0 fully saturated rings. The third-order valence-corrected chi connectivity index (χ3v) is 3.61. The van der Waals surface area contributed by atoms with Gasteiger partial charge >= 0.3 is 5.97 Å². The zero-order chi connectivity index (χ0) is 17.5. The summed E-state index contributed by atoms with van der Waals surface area (Å²) in [7, 11) is 0. The van der Waals surface area contributed by atoms with Crippen molar-refractivity contribution in [3.8, 4) is 0 Å². The highest BCUT2D eigenvalue weighted by Gasteiger charge is 2.13. The maximum atomic E-state index is 11.8. The molecule has 1 aromatic heterocycles. The van der Waals surface area contributed by atoms with E-state index in [4.69, 9.17) is 9.15 Å². The molecule has 2 rings (SSSR count). The van der Waals surface area contributed by atoms with Gasteiger partial charge in [0.15, 0.2) is 6.61 Å². The molecular formula is C15H13BrN2O6. The molecule has 1 amide bonds. The first-order chi connectivity index (χ1) is 11.5. The number of non-ortho nitro benzene ring substituents is 1. The fraction of sp³-hybridized carbons (Fsp3) is 0.200. The third kappa shape index (κ3) is 5.20. The number of nitro benzene ring substituents is 1. The van der Waals surface area contributed by atoms with E-state index in [1.807, 2.05) is 0 Å². The van der Waals surface area contributed by atoms with Gasteiger partial charge in [0.1, 0.15) is 5.76 Å². The number of nitro groups is 1. The summed E-state index contributed by atoms with van der Waals surface area (Å²) in [5.41, 5.74) is 0.237. The summed E-state index contributed by atoms with van der Waals surface area (Å²) in [6, 6.07) is 7.38. The number of anilines is 1. The number of hydrogen-bond donors (Lipinski definition) is 1. The molecule has 1 N–H and O–H groups in total. The third-order valence-electron chi connectivity index (χ3n) is 2.96. The molecule has 0 aliphatic rings. The van der Waals surface area contributed by atoms with E-state index in [2.05, 4.69) is 21.2 Å². The van der Waals surface area contributed by atoms with Crippen molar-refractivity contribution in [3.05, 3.63) is 56.9 Å². The van der Waals surface area contributed by atoms with E-state index in [9.17, 15) is 19.7 Å². The highest BCUT2D eigenvalue weighted by Crippen LogP contribution is 2.26. The number of rotatable bonds is 7. The van der Waals surface area contributed by atoms with E-state index in [1.165, 1.54) is 24.5 Å². The Bertz CT molecular complexity index is 744. The quantitative estimate of drug-likeness (QED) is 0.437. The first-order valence-corrected chi connectivity index (χ1v) is 7.67. The lowest BCUT2D eigenvalue weighted by Crippen LogP contribution is -2.21. The molecule has 0 unspecified atom stereocenters. The number of carbonyl (C=O) groups is 2. The number of aryl methyl sites for hydroxylation is 1. The summed E-state index contributed by atoms with van der Waals surface area (Å²) < 4.78 is 10.3. The summed E-state index contributed by atoms with van der Waals surface area (Å²) >= 11 is 3.13. The number of carbonyl (C=O) groups excluding carboxylic acids is 2. The van der Waals surface area contributed by atoms with Gasteiger partial charge in [0.05, 0.1) is 23.3 Å². The molecule has 0 saturated carbocycles. The van der Waals surface area contributed by atoms with Gasteiger partial charge in [-0.15, -0.1) is 0 Å². The Hall–Kier alpha value is -2.68. The van der Waals surface area contributed by atoms with Crippen molar-refractivity contribution >= 4 is 39.2 Å². The minimum Gasteiger partial charge on any atom is -0.469 e. The molecule has 0 saturated heterocycles. The highest BCUT2D eigenvalue weighted by atomic mass is 79.9. The number of hydrogen-bond acceptors (Lipinski definition) is 6. The first kappa shape index (κ1) is 17.7. The van der Waals surface area contributed by atoms with Crippen molar-refractivity contribution in [2.24, 2.45) is 0 Å². The Kier molecular flexibility index (Phi) is 6.07. The molecule has 1 aromatic carbocycles. The lowest BCUT2D eigenvalue weighted by molar-refractivity contribution is -0.384. The second-order valence-electron chi connectivity index (χ2n) is 4.71. The molecule has 0 atom stereocenters. The fourth-order valence-corrected chi connectivity index (χ4v) is 2.27. The van der Waals surface area contributed by atoms with Crippen molar-refractivity contribution in [3.63, 3.8) is 0 Å². The molecule has 0 aliphatic carbocycles. The van der Waals surface area contributed by atoms with Crippen LogP contribution in [-0.2, 0) is 20.7 Å². The minimum atomic E-state index is -0.545. The topological polar surface area (TPSA) is 112 Å². The van der Waals surface area contributed by atoms with Gasteiger partial charge < -0.3 is 14.5 Å². The monoisotopic (exact) mass is 396 g/mol. The summed E-state index contributed by atoms with van der Waals surface area (Å²) in [6.45, 7) is -0.444. The van der Waals surface area contributed by atoms with Gasteiger partial charge in [-0.25, -0.2) is 0 Å². The number of halogens is 1. The largest absolute Gasteiger partial charge is 0.469 e. The van der Waals surface area contributed by atoms with Crippen LogP contribution in [0.4, 0.5) is 11.4 Å². The zero-order valence-electron chi connectivity index (χ0n) is 12.4. The average molecular weight is 397 g/mol. The van der Waals surface area contributed by atoms with Gasteiger partial charge in [-0.2, -0.15) is 0 Å². The number of ether oxygens (including phenoxy) is 1. The summed E-state index contributed by atoms with van der Waals surface area (Å²) in [4.78, 5) is 33.4. The average Bonchev–Trinajstić information content (AvgIpc) is 3.06. The van der Waals surface area contributed by atoms with Crippen LogP contribution in [0.25, 0.3) is 0 Å². The van der Waals surface area contributed by atoms with Crippen LogP contribution in [0.3, 0.4) is 0 Å². The van der Waals surface area contributed by atoms with Crippen molar-refractivity contribution in [2.45, 2.75) is 12.8 Å². The van der Waals surface area contributed by atoms with Crippen molar-refractivity contribution in [1.29, 1.82) is 0 Å². The predicted molar refractivity (Wildman–Crippen MR) is 87.4 cm³/mol. The first-order valence-electron chi connectivity index (χ1n) is 6.87. The van der Waals surface area contributed by atoms with Crippen LogP contribution in [0.5, 0.6) is 0 Å². The van der Waals surface area contributed by atoms with Crippen LogP contribution in [0, 0.1) is 10.1 Å². The normalized spacial score (nSPS) is 10.2. The molecule has 0 radical (unpaired) electrons. The van der Waals surface area contributed by atoms with Crippen molar-refractivity contribution < 1.29 is 23.7 Å². The standard InChI is InChI=1S/C15H13BrN2O6/c16-12-8-10(18(21)22)3-5-13(12)17-14(19)9-24-15(20)6-4-11-2-1-7-23-11/h1-3,5,7-8H,4,6,9H2,(H,17,19). The van der Waals surface area contributed by atoms with Gasteiger partial charge in [-0.1, -0.05) is 0 Å². The van der Waals surface area contributed by atoms with Crippen molar-refractivity contribution in [1.82, 2.24) is 0 Å². The lowest BCUT2D eigenvalue weighted by atomic mass is 10.2. The second kappa shape index (κ2) is 8.25. The van der Waals surface area contributed by atoms with Crippen molar-refractivity contribution in [2.75, 3.05) is 11.9 Å². The number of benzene rings is 1. The molecule has 9 heteroatoms. The Morgan fingerprint density at radius 2 is 2.12 bits per heavy atom. The smallest absolute Gasteiger partial charge is 0.306 e. The van der Waals surface area contributed by atoms with Crippen LogP contribution >= 0.6 is 15.9 Å². The van der Waals surface area contributed by atoms with Crippen LogP contribution in [0.2, 0.25) is 0 Å². The van der Waals surface area contributed by atoms with Gasteiger partial charge in [0.2, 0.25) is 0 Å². The minimum absolute atomic E-state index is 0.0992. The van der Waals surface area contributed by atoms with Gasteiger partial charge in [0.25, 0.3) is 11.6 Å². The van der Waals surface area contributed by atoms with E-state index in [1.54, 1.807) is 12.1 Å². The molecule has 0 bridgehead atoms. The number of amides is 1. The predicted octanol–water partition coefficient (Wildman–Crippen LogP) is 3.06.